The fourth-order valence-corrected chi connectivity index (χ4v) is 18.4. The molecule has 0 spiro atoms. The molecule has 0 radical (unpaired) electrons. The molecule has 0 amide bonds. The van der Waals surface area contributed by atoms with Gasteiger partial charge in [0.25, 0.3) is 0 Å². The molecule has 7 saturated heterocycles. The van der Waals surface area contributed by atoms with Crippen molar-refractivity contribution in [3.05, 3.63) is 262 Å². The fourth-order valence-electron chi connectivity index (χ4n) is 18.4. The van der Waals surface area contributed by atoms with Crippen molar-refractivity contribution in [1.29, 1.82) is 0 Å². The number of aromatic nitrogens is 14. The van der Waals surface area contributed by atoms with Crippen molar-refractivity contribution in [1.82, 2.24) is 85.2 Å². The van der Waals surface area contributed by atoms with E-state index in [1.165, 1.54) is 147 Å². The number of likely N-dealkylation sites (tertiary alicyclic amines) is 3. The Bertz CT molecular complexity index is 5860. The second-order valence-electron chi connectivity index (χ2n) is 36.1. The molecule has 8 aliphatic rings. The molecule has 694 valence electrons. The number of anilines is 12. The lowest BCUT2D eigenvalue weighted by Crippen LogP contribution is -2.59. The van der Waals surface area contributed by atoms with Crippen LogP contribution in [0.25, 0.3) is 48.6 Å². The van der Waals surface area contributed by atoms with Gasteiger partial charge in [0.2, 0.25) is 0 Å². The van der Waals surface area contributed by atoms with Gasteiger partial charge in [0.05, 0.1) is 13.7 Å². The van der Waals surface area contributed by atoms with Gasteiger partial charge in [0.15, 0.2) is 40.8 Å². The second-order valence-corrected chi connectivity index (χ2v) is 36.1. The van der Waals surface area contributed by atoms with Gasteiger partial charge in [0.1, 0.15) is 58.1 Å². The molecular weight excluding hydrogens is 1670 g/mol. The summed E-state index contributed by atoms with van der Waals surface area (Å²) in [4.78, 5) is 63.0. The summed E-state index contributed by atoms with van der Waals surface area (Å²) in [6.07, 6.45) is 36.7. The van der Waals surface area contributed by atoms with E-state index < -0.39 is 0 Å². The van der Waals surface area contributed by atoms with E-state index in [-0.39, 0.29) is 0 Å². The van der Waals surface area contributed by atoms with Crippen LogP contribution < -0.4 is 50.5 Å². The Morgan fingerprint density at radius 3 is 1.06 bits per heavy atom. The molecule has 134 heavy (non-hydrogen) atoms. The van der Waals surface area contributed by atoms with Crippen LogP contribution in [0.3, 0.4) is 0 Å². The van der Waals surface area contributed by atoms with Gasteiger partial charge < -0.3 is 60.3 Å². The summed E-state index contributed by atoms with van der Waals surface area (Å²) in [5.41, 5.74) is 9.98. The lowest BCUT2D eigenvalue weighted by Gasteiger charge is -2.44. The van der Waals surface area contributed by atoms with Crippen LogP contribution in [-0.4, -0.2) is 228 Å². The van der Waals surface area contributed by atoms with Crippen LogP contribution >= 0.6 is 0 Å². The number of benzene rings is 5. The second kappa shape index (κ2) is 46.6. The Kier molecular flexibility index (Phi) is 32.0. The summed E-state index contributed by atoms with van der Waals surface area (Å²) in [7, 11) is 1.69. The Labute approximate surface area is 788 Å². The third-order valence-electron chi connectivity index (χ3n) is 25.8. The molecule has 7 fully saturated rings. The molecule has 0 atom stereocenters. The number of piperazine rings is 1. The highest BCUT2D eigenvalue weighted by atomic mass is 16.5. The highest BCUT2D eigenvalue weighted by molar-refractivity contribution is 6.05. The summed E-state index contributed by atoms with van der Waals surface area (Å²) < 4.78 is 5.29. The highest BCUT2D eigenvalue weighted by Crippen LogP contribution is 2.33. The molecule has 12 aromatic rings. The number of rotatable bonds is 25. The average Bonchev–Trinajstić information content (AvgIpc) is 0.907. The van der Waals surface area contributed by atoms with Gasteiger partial charge in [-0.15, -0.1) is 0 Å². The fraction of sp³-hybridized carbons (Fsp3) is 0.377. The van der Waals surface area contributed by atoms with Crippen molar-refractivity contribution < 1.29 is 4.74 Å². The minimum atomic E-state index is 0.649. The molecule has 0 saturated carbocycles. The van der Waals surface area contributed by atoms with Crippen molar-refractivity contribution >= 4 is 124 Å². The van der Waals surface area contributed by atoms with Crippen molar-refractivity contribution in [2.75, 3.05) is 171 Å². The van der Waals surface area contributed by atoms with Crippen LogP contribution in [0.4, 0.5) is 69.7 Å². The molecule has 0 unspecified atom stereocenters. The van der Waals surface area contributed by atoms with Crippen molar-refractivity contribution in [3.8, 4) is 5.75 Å². The van der Waals surface area contributed by atoms with Crippen molar-refractivity contribution in [3.63, 3.8) is 0 Å². The summed E-state index contributed by atoms with van der Waals surface area (Å²) in [6, 6.07) is 64.7. The normalized spacial score (nSPS) is 17.5. The number of hydrogen-bond donors (Lipinski definition) is 7. The van der Waals surface area contributed by atoms with Crippen molar-refractivity contribution in [2.45, 2.75) is 130 Å². The molecule has 0 aliphatic carbocycles. The Hall–Kier alpha value is -13.7. The number of nitrogens with one attached hydrogen (secondary N) is 7. The molecule has 15 heterocycles. The molecule has 20 rings (SSSR count). The van der Waals surface area contributed by atoms with Gasteiger partial charge in [-0.3, -0.25) is 25.2 Å². The third kappa shape index (κ3) is 27.1. The number of aryl methyl sites for hydroxylation is 3. The third-order valence-corrected chi connectivity index (χ3v) is 25.8. The first kappa shape index (κ1) is 92.2. The van der Waals surface area contributed by atoms with E-state index in [0.29, 0.717) is 35.4 Å². The largest absolute Gasteiger partial charge is 0.497 e. The van der Waals surface area contributed by atoms with E-state index in [1.54, 1.807) is 7.11 Å². The topological polar surface area (TPSA) is 285 Å². The molecule has 5 aromatic carbocycles. The van der Waals surface area contributed by atoms with Crippen LogP contribution in [0.2, 0.25) is 0 Å². The van der Waals surface area contributed by atoms with Gasteiger partial charge in [-0.1, -0.05) is 171 Å². The lowest BCUT2D eigenvalue weighted by molar-refractivity contribution is 0.175. The Morgan fingerprint density at radius 2 is 0.687 bits per heavy atom. The number of piperidine rings is 2. The zero-order valence-corrected chi connectivity index (χ0v) is 78.3. The van der Waals surface area contributed by atoms with Crippen molar-refractivity contribution in [2.24, 2.45) is 10.9 Å². The van der Waals surface area contributed by atoms with Gasteiger partial charge in [0, 0.05) is 149 Å². The SMILES string of the molecule is COc1ccc(N2CCN(c3cc(NC4=NCC(C)=C4)nc(/C=C/c4ccccc4)n3)CC2)cc1.Cc1cc(Nc2cc(N3CC(N4CCCC4)C3)nc(/C=C/c3ccccc3)n2)n[nH]1.Cc1cc(Nc2cc(N3CCC(CN4CCCCCC4)CC3)nc(/C=C/c3ccccc3)n2)n[nH]1.Cc1cc(Nc2cc(N3CCC(N4CCCCCC4)CC3)nc(/C=C/c3ccccc3)n2)n[nH]1. The average molecular weight is 1800 g/mol. The molecule has 8 aliphatic heterocycles. The summed E-state index contributed by atoms with van der Waals surface area (Å²) in [5.74, 6) is 14.4. The number of methoxy groups -OCH3 is 1. The Balaban J connectivity index is 0.000000125. The number of aromatic amines is 3. The van der Waals surface area contributed by atoms with E-state index in [0.717, 1.165) is 193 Å². The van der Waals surface area contributed by atoms with Crippen LogP contribution in [0, 0.1) is 26.7 Å². The molecular formula is C106H129N27O. The smallest absolute Gasteiger partial charge is 0.156 e. The van der Waals surface area contributed by atoms with Gasteiger partial charge >= 0.3 is 0 Å². The first-order valence-electron chi connectivity index (χ1n) is 48.3. The highest BCUT2D eigenvalue weighted by Gasteiger charge is 2.35. The maximum absolute atomic E-state index is 5.29. The van der Waals surface area contributed by atoms with E-state index >= 15 is 0 Å². The van der Waals surface area contributed by atoms with Gasteiger partial charge in [-0.05, 0) is 220 Å². The predicted molar refractivity (Wildman–Crippen MR) is 548 cm³/mol. The number of hydrogen-bond acceptors (Lipinski definition) is 25. The monoisotopic (exact) mass is 1800 g/mol. The molecule has 7 aromatic heterocycles. The molecule has 0 bridgehead atoms. The first-order valence-corrected chi connectivity index (χ1v) is 48.3. The van der Waals surface area contributed by atoms with Crippen LogP contribution in [-0.2, 0) is 0 Å². The zero-order chi connectivity index (χ0) is 91.4. The number of aliphatic imine (C=N–C) groups is 1. The number of H-pyrrole nitrogens is 3. The number of amidine groups is 1. The molecule has 28 nitrogen and oxygen atoms in total. The van der Waals surface area contributed by atoms with E-state index in [1.807, 2.05) is 172 Å². The maximum Gasteiger partial charge on any atom is 0.156 e. The van der Waals surface area contributed by atoms with Crippen LogP contribution in [0.15, 0.2) is 205 Å². The lowest BCUT2D eigenvalue weighted by atomic mass is 9.96. The van der Waals surface area contributed by atoms with Crippen LogP contribution in [0.5, 0.6) is 5.75 Å². The van der Waals surface area contributed by atoms with E-state index in [4.69, 9.17) is 44.6 Å². The van der Waals surface area contributed by atoms with Gasteiger partial charge in [-0.25, -0.2) is 39.9 Å². The minimum Gasteiger partial charge on any atom is -0.497 e. The summed E-state index contributed by atoms with van der Waals surface area (Å²) in [5, 5.41) is 35.2. The number of nitrogens with zero attached hydrogens (tertiary/aromatic N) is 20. The standard InChI is InChI=1S/C28H37N7.C28H30N6O.C27H35N7.C23H27N7/c1-22-19-27(33-32-22)30-26-20-28(31-25(29-26)12-11-23-9-5-4-6-10-23)35-17-13-24(14-18-35)21-34-15-7-2-3-8-16-34;1-21-18-26(29-20-21)31-27-19-28(32-25(30-27)13-8-22-6-4-3-5-7-22)34-16-14-33(15-17-34)23-9-11-24(35-2)12-10-23;1-21-19-26(32-31-21)29-25-20-27(30-24(28-25)12-11-22-9-5-4-6-10-22)34-17-13-23(14-18-34)33-15-7-2-3-8-16-33;1-17-13-22(28-27-17)25-21-14-23(30-15-19(16-30)29-11-5-6-12-29)26-20(24-21)10-9-18-7-3-2-4-8-18/h4-6,9-12,19-20,24H,2-3,7-8,13-18,21H2,1H3,(H2,29,30,31,32,33);3-13,18-19H,14-17,20H2,1-2H3,(H,29,30,31,32);4-6,9-12,19-20,23H,2-3,7-8,13-18H2,1H3,(H2,28,29,30,31,32);2-4,7-10,13-14,19H,5-6,11-12,15-16H2,1H3,(H2,24,25,26,27,28)/b12-11+;13-8+;12-11+;10-9+. The Morgan fingerprint density at radius 1 is 0.336 bits per heavy atom. The summed E-state index contributed by atoms with van der Waals surface area (Å²) >= 11 is 0. The first-order chi connectivity index (χ1) is 65.8. The summed E-state index contributed by atoms with van der Waals surface area (Å²) in [6.45, 7) is 27.4. The quantitative estimate of drug-likeness (QED) is 0.0280. The zero-order valence-electron chi connectivity index (χ0n) is 78.3. The van der Waals surface area contributed by atoms with Gasteiger partial charge in [-0.2, -0.15) is 15.3 Å². The molecule has 28 heteroatoms. The van der Waals surface area contributed by atoms with Crippen LogP contribution in [0.1, 0.15) is 159 Å². The van der Waals surface area contributed by atoms with E-state index in [9.17, 15) is 0 Å². The molecule has 7 N–H and O–H groups in total. The van der Waals surface area contributed by atoms with E-state index in [2.05, 4.69) is 194 Å². The predicted octanol–water partition coefficient (Wildman–Crippen LogP) is 19.2. The number of ether oxygens (including phenoxy) is 1. The minimum absolute atomic E-state index is 0.649. The maximum atomic E-state index is 5.29.